The number of rotatable bonds is 7. The summed E-state index contributed by atoms with van der Waals surface area (Å²) in [5.74, 6) is -1.29. The number of carbonyl (C=O) groups is 2. The summed E-state index contributed by atoms with van der Waals surface area (Å²) in [5, 5.41) is 0.185. The number of likely N-dealkylation sites (N-methyl/N-ethyl adjacent to an activating group) is 1. The van der Waals surface area contributed by atoms with Crippen LogP contribution in [0, 0.1) is 11.8 Å². The normalized spacial score (nSPS) is 22.4. The van der Waals surface area contributed by atoms with Crippen molar-refractivity contribution in [1.29, 1.82) is 0 Å². The van der Waals surface area contributed by atoms with E-state index in [0.717, 1.165) is 63.0 Å². The van der Waals surface area contributed by atoms with E-state index in [1.807, 2.05) is 12.1 Å². The fourth-order valence-corrected chi connectivity index (χ4v) is 6.43. The number of hydrogen-bond donors (Lipinski definition) is 0. The van der Waals surface area contributed by atoms with E-state index in [-0.39, 0.29) is 22.7 Å². The van der Waals surface area contributed by atoms with Gasteiger partial charge in [-0.25, -0.2) is 4.98 Å². The Morgan fingerprint density at radius 3 is 2.25 bits per heavy atom. The summed E-state index contributed by atoms with van der Waals surface area (Å²) in [7, 11) is 4.85. The summed E-state index contributed by atoms with van der Waals surface area (Å²) in [6.07, 6.45) is 0.668. The van der Waals surface area contributed by atoms with E-state index >= 15 is 0 Å². The Hall–Kier alpha value is -2.81. The van der Waals surface area contributed by atoms with Gasteiger partial charge in [-0.3, -0.25) is 9.59 Å². The summed E-state index contributed by atoms with van der Waals surface area (Å²) in [6.45, 7) is 1.58. The number of benzene rings is 1. The first-order valence-corrected chi connectivity index (χ1v) is 14.4. The van der Waals surface area contributed by atoms with E-state index < -0.39 is 18.0 Å². The number of amides is 2. The minimum Gasteiger partial charge on any atom is -0.357 e. The average molecular weight is 577 g/mol. The van der Waals surface area contributed by atoms with Crippen molar-refractivity contribution in [2.75, 3.05) is 39.1 Å². The van der Waals surface area contributed by atoms with Crippen molar-refractivity contribution in [2.45, 2.75) is 62.6 Å². The molecule has 216 valence electrons. The highest BCUT2D eigenvalue weighted by atomic mass is 35.5. The third kappa shape index (κ3) is 5.94. The molecule has 1 aromatic heterocycles. The maximum absolute atomic E-state index is 14.1. The molecule has 0 N–H and O–H groups in total. The van der Waals surface area contributed by atoms with Crippen molar-refractivity contribution in [3.8, 4) is 0 Å². The molecule has 10 heteroatoms. The SMILES string of the molecule is CN(C)C(=O)c1ccc(N2CCC(C3CC(N(C)C(=O)C(c4cccc(C5CC5)c4)C(F)(F)F)C3)CC2)nc1Cl. The molecule has 2 heterocycles. The predicted molar refractivity (Wildman–Crippen MR) is 149 cm³/mol. The van der Waals surface area contributed by atoms with Crippen LogP contribution in [-0.2, 0) is 4.79 Å². The summed E-state index contributed by atoms with van der Waals surface area (Å²) < 4.78 is 42.4. The number of carbonyl (C=O) groups excluding carboxylic acids is 2. The molecule has 3 aliphatic rings. The van der Waals surface area contributed by atoms with E-state index in [4.69, 9.17) is 11.6 Å². The van der Waals surface area contributed by atoms with Gasteiger partial charge in [0.15, 0.2) is 5.92 Å². The summed E-state index contributed by atoms with van der Waals surface area (Å²) >= 11 is 6.30. The Morgan fingerprint density at radius 1 is 1.00 bits per heavy atom. The number of anilines is 1. The second kappa shape index (κ2) is 11.2. The van der Waals surface area contributed by atoms with Crippen molar-refractivity contribution in [2.24, 2.45) is 11.8 Å². The first-order chi connectivity index (χ1) is 18.9. The Kier molecular flexibility index (Phi) is 8.06. The lowest BCUT2D eigenvalue weighted by atomic mass is 9.68. The maximum atomic E-state index is 14.1. The second-order valence-corrected chi connectivity index (χ2v) is 12.1. The molecule has 0 radical (unpaired) electrons. The molecule has 2 aromatic rings. The number of piperidine rings is 1. The molecule has 2 aliphatic carbocycles. The van der Waals surface area contributed by atoms with Crippen molar-refractivity contribution < 1.29 is 22.8 Å². The molecular weight excluding hydrogens is 541 g/mol. The summed E-state index contributed by atoms with van der Waals surface area (Å²) in [4.78, 5) is 34.8. The number of pyridine rings is 1. The molecule has 5 rings (SSSR count). The van der Waals surface area contributed by atoms with Crippen LogP contribution in [0.15, 0.2) is 36.4 Å². The number of alkyl halides is 3. The van der Waals surface area contributed by atoms with Gasteiger partial charge < -0.3 is 14.7 Å². The highest BCUT2D eigenvalue weighted by molar-refractivity contribution is 6.32. The topological polar surface area (TPSA) is 56.8 Å². The van der Waals surface area contributed by atoms with Crippen molar-refractivity contribution >= 4 is 29.2 Å². The van der Waals surface area contributed by atoms with Crippen LogP contribution in [0.5, 0.6) is 0 Å². The molecule has 2 amide bonds. The fraction of sp³-hybridized carbons (Fsp3) is 0.567. The molecular formula is C30H36ClF3N4O2. The molecule has 3 fully saturated rings. The maximum Gasteiger partial charge on any atom is 0.404 e. The predicted octanol–water partition coefficient (Wildman–Crippen LogP) is 6.11. The lowest BCUT2D eigenvalue weighted by Crippen LogP contribution is -2.51. The number of aromatic nitrogens is 1. The molecule has 0 bridgehead atoms. The largest absolute Gasteiger partial charge is 0.404 e. The zero-order valence-corrected chi connectivity index (χ0v) is 23.9. The summed E-state index contributed by atoms with van der Waals surface area (Å²) in [6, 6.07) is 9.86. The van der Waals surface area contributed by atoms with Crippen LogP contribution < -0.4 is 4.90 Å². The average Bonchev–Trinajstić information content (AvgIpc) is 3.73. The zero-order chi connectivity index (χ0) is 28.8. The molecule has 2 saturated carbocycles. The molecule has 1 unspecified atom stereocenters. The van der Waals surface area contributed by atoms with E-state index in [1.165, 1.54) is 22.9 Å². The minimum atomic E-state index is -4.64. The van der Waals surface area contributed by atoms with Gasteiger partial charge in [-0.2, -0.15) is 13.2 Å². The Labute approximate surface area is 238 Å². The minimum absolute atomic E-state index is 0.0461. The summed E-state index contributed by atoms with van der Waals surface area (Å²) in [5.41, 5.74) is 1.31. The van der Waals surface area contributed by atoms with E-state index in [9.17, 15) is 22.8 Å². The molecule has 1 aliphatic heterocycles. The first-order valence-electron chi connectivity index (χ1n) is 14.0. The van der Waals surface area contributed by atoms with Crippen LogP contribution >= 0.6 is 11.6 Å². The first kappa shape index (κ1) is 28.7. The van der Waals surface area contributed by atoms with Gasteiger partial charge >= 0.3 is 6.18 Å². The van der Waals surface area contributed by atoms with Gasteiger partial charge in [-0.15, -0.1) is 0 Å². The highest BCUT2D eigenvalue weighted by Crippen LogP contribution is 2.45. The molecule has 40 heavy (non-hydrogen) atoms. The van der Waals surface area contributed by atoms with Gasteiger partial charge in [0.1, 0.15) is 11.0 Å². The van der Waals surface area contributed by atoms with Crippen LogP contribution in [0.3, 0.4) is 0 Å². The van der Waals surface area contributed by atoms with Crippen molar-refractivity contribution in [3.05, 3.63) is 58.2 Å². The standard InChI is InChI=1S/C30H36ClF3N4O2/c1-36(2)28(39)24-9-10-25(35-27(24)31)38-13-11-19(12-14-38)22-16-23(17-22)37(3)29(40)26(30(32,33)34)21-6-4-5-20(15-21)18-7-8-18/h4-6,9-10,15,18-19,22-23,26H,7-8,11-14,16-17H2,1-3H3. The molecule has 1 saturated heterocycles. The molecule has 1 atom stereocenters. The second-order valence-electron chi connectivity index (χ2n) is 11.8. The third-order valence-corrected chi connectivity index (χ3v) is 9.20. The Bertz CT molecular complexity index is 1250. The lowest BCUT2D eigenvalue weighted by molar-refractivity contribution is -0.174. The van der Waals surface area contributed by atoms with Gasteiger partial charge in [-0.1, -0.05) is 35.9 Å². The zero-order valence-electron chi connectivity index (χ0n) is 23.1. The van der Waals surface area contributed by atoms with E-state index in [0.29, 0.717) is 23.3 Å². The third-order valence-electron chi connectivity index (χ3n) is 8.91. The lowest BCUT2D eigenvalue weighted by Gasteiger charge is -2.47. The highest BCUT2D eigenvalue weighted by Gasteiger charge is 2.50. The monoisotopic (exact) mass is 576 g/mol. The van der Waals surface area contributed by atoms with Crippen LogP contribution in [0.25, 0.3) is 0 Å². The van der Waals surface area contributed by atoms with Crippen LogP contribution in [0.2, 0.25) is 5.15 Å². The van der Waals surface area contributed by atoms with Gasteiger partial charge in [0.2, 0.25) is 5.91 Å². The van der Waals surface area contributed by atoms with Crippen molar-refractivity contribution in [1.82, 2.24) is 14.8 Å². The van der Waals surface area contributed by atoms with Crippen LogP contribution in [0.4, 0.5) is 19.0 Å². The van der Waals surface area contributed by atoms with E-state index in [2.05, 4.69) is 9.88 Å². The molecule has 0 spiro atoms. The molecule has 1 aromatic carbocycles. The number of hydrogen-bond acceptors (Lipinski definition) is 4. The van der Waals surface area contributed by atoms with Gasteiger partial charge in [0, 0.05) is 40.3 Å². The van der Waals surface area contributed by atoms with Gasteiger partial charge in [0.25, 0.3) is 5.91 Å². The van der Waals surface area contributed by atoms with Gasteiger partial charge in [0.05, 0.1) is 5.56 Å². The quantitative estimate of drug-likeness (QED) is 0.373. The Balaban J connectivity index is 1.16. The van der Waals surface area contributed by atoms with Crippen LogP contribution in [0.1, 0.15) is 71.8 Å². The Morgan fingerprint density at radius 2 is 1.68 bits per heavy atom. The smallest absolute Gasteiger partial charge is 0.357 e. The van der Waals surface area contributed by atoms with E-state index in [1.54, 1.807) is 32.3 Å². The van der Waals surface area contributed by atoms with Crippen molar-refractivity contribution in [3.63, 3.8) is 0 Å². The van der Waals surface area contributed by atoms with Crippen LogP contribution in [-0.4, -0.2) is 73.0 Å². The molecule has 6 nitrogen and oxygen atoms in total. The van der Waals surface area contributed by atoms with Gasteiger partial charge in [-0.05, 0) is 79.5 Å². The number of nitrogens with zero attached hydrogens (tertiary/aromatic N) is 4. The fourth-order valence-electron chi connectivity index (χ4n) is 6.20. The number of halogens is 4.